The van der Waals surface area contributed by atoms with Crippen molar-refractivity contribution in [2.75, 3.05) is 6.54 Å². The second kappa shape index (κ2) is 11.8. The van der Waals surface area contributed by atoms with Crippen molar-refractivity contribution in [1.82, 2.24) is 15.2 Å². The van der Waals surface area contributed by atoms with E-state index in [1.165, 1.54) is 17.4 Å². The van der Waals surface area contributed by atoms with Gasteiger partial charge in [0.05, 0.1) is 24.2 Å². The average molecular weight is 510 g/mol. The van der Waals surface area contributed by atoms with Crippen LogP contribution in [0.3, 0.4) is 0 Å². The Morgan fingerprint density at radius 3 is 2.75 bits per heavy atom. The van der Waals surface area contributed by atoms with Crippen LogP contribution in [0.5, 0.6) is 0 Å². The average Bonchev–Trinajstić information content (AvgIpc) is 3.56. The van der Waals surface area contributed by atoms with E-state index in [0.717, 1.165) is 29.7 Å². The molecule has 3 aromatic rings. The molecule has 6 nitrogen and oxygen atoms in total. The fraction of sp³-hybridized carbons (Fsp3) is 0.393. The minimum absolute atomic E-state index is 0.0292. The smallest absolute Gasteiger partial charge is 0.250 e. The van der Waals surface area contributed by atoms with Crippen LogP contribution >= 0.6 is 11.3 Å². The molecule has 2 aromatic carbocycles. The molecule has 0 aliphatic carbocycles. The van der Waals surface area contributed by atoms with Crippen molar-refractivity contribution >= 4 is 23.2 Å². The van der Waals surface area contributed by atoms with Gasteiger partial charge in [-0.1, -0.05) is 49.4 Å². The van der Waals surface area contributed by atoms with Crippen LogP contribution in [0.1, 0.15) is 59.6 Å². The molecular weight excluding hydrogens is 477 g/mol. The van der Waals surface area contributed by atoms with Crippen LogP contribution in [0.2, 0.25) is 0 Å². The summed E-state index contributed by atoms with van der Waals surface area (Å²) >= 11 is 1.39. The third-order valence-electron chi connectivity index (χ3n) is 6.89. The summed E-state index contributed by atoms with van der Waals surface area (Å²) in [5, 5.41) is 16.1. The molecule has 36 heavy (non-hydrogen) atoms. The van der Waals surface area contributed by atoms with Crippen LogP contribution in [-0.4, -0.2) is 39.5 Å². The van der Waals surface area contributed by atoms with Gasteiger partial charge in [-0.05, 0) is 48.9 Å². The highest BCUT2D eigenvalue weighted by atomic mass is 32.1. The van der Waals surface area contributed by atoms with Gasteiger partial charge in [0.25, 0.3) is 0 Å². The van der Waals surface area contributed by atoms with Gasteiger partial charge in [-0.3, -0.25) is 9.59 Å². The first kappa shape index (κ1) is 26.0. The molecule has 2 amide bonds. The molecule has 8 heteroatoms. The SMILES string of the molecule is CC[C@@H](C(=O)N1CCCC1c1ccccc1)[C@@H](O)C(=O)NCc1nc(Cc2cccc(F)c2C)cs1. The van der Waals surface area contributed by atoms with Crippen molar-refractivity contribution in [3.63, 3.8) is 0 Å². The summed E-state index contributed by atoms with van der Waals surface area (Å²) in [6.45, 7) is 4.34. The molecule has 190 valence electrons. The van der Waals surface area contributed by atoms with E-state index in [1.54, 1.807) is 13.0 Å². The standard InChI is InChI=1S/C28H32FN3O3S/c1-3-22(28(35)32-14-8-13-24(32)19-9-5-4-6-10-19)26(33)27(34)30-16-25-31-21(17-36-25)15-20-11-7-12-23(29)18(20)2/h4-7,9-12,17,22,24,26,33H,3,8,13-16H2,1-2H3,(H,30,34)/t22-,24?,26-/m1/s1. The number of rotatable bonds is 9. The molecule has 1 unspecified atom stereocenters. The van der Waals surface area contributed by atoms with E-state index in [-0.39, 0.29) is 24.3 Å². The zero-order valence-electron chi connectivity index (χ0n) is 20.6. The Morgan fingerprint density at radius 2 is 2.00 bits per heavy atom. The molecular formula is C28H32FN3O3S. The second-order valence-corrected chi connectivity index (χ2v) is 10.2. The predicted molar refractivity (Wildman–Crippen MR) is 138 cm³/mol. The molecule has 3 atom stereocenters. The summed E-state index contributed by atoms with van der Waals surface area (Å²) in [5.74, 6) is -1.82. The first-order valence-electron chi connectivity index (χ1n) is 12.4. The molecule has 1 aromatic heterocycles. The zero-order chi connectivity index (χ0) is 25.7. The molecule has 0 saturated carbocycles. The van der Waals surface area contributed by atoms with Crippen molar-refractivity contribution in [1.29, 1.82) is 0 Å². The van der Waals surface area contributed by atoms with Crippen molar-refractivity contribution < 1.29 is 19.1 Å². The highest BCUT2D eigenvalue weighted by Gasteiger charge is 2.38. The molecule has 2 N–H and O–H groups in total. The number of hydrogen-bond acceptors (Lipinski definition) is 5. The predicted octanol–water partition coefficient (Wildman–Crippen LogP) is 4.55. The number of likely N-dealkylation sites (tertiary alicyclic amines) is 1. The Bertz CT molecular complexity index is 1200. The maximum atomic E-state index is 13.8. The van der Waals surface area contributed by atoms with Crippen molar-refractivity contribution in [3.05, 3.63) is 87.1 Å². The van der Waals surface area contributed by atoms with Crippen LogP contribution < -0.4 is 5.32 Å². The Kier molecular flexibility index (Phi) is 8.48. The highest BCUT2D eigenvalue weighted by molar-refractivity contribution is 7.09. The lowest BCUT2D eigenvalue weighted by molar-refractivity contribution is -0.147. The number of hydrogen-bond donors (Lipinski definition) is 2. The van der Waals surface area contributed by atoms with Gasteiger partial charge in [-0.25, -0.2) is 9.37 Å². The normalized spacial score (nSPS) is 17.1. The summed E-state index contributed by atoms with van der Waals surface area (Å²) in [6.07, 6.45) is 1.19. The molecule has 2 heterocycles. The third-order valence-corrected chi connectivity index (χ3v) is 7.79. The van der Waals surface area contributed by atoms with Crippen molar-refractivity contribution in [2.24, 2.45) is 5.92 Å². The van der Waals surface area contributed by atoms with Crippen molar-refractivity contribution in [3.8, 4) is 0 Å². The molecule has 1 saturated heterocycles. The number of carbonyl (C=O) groups is 2. The molecule has 4 rings (SSSR count). The van der Waals surface area contributed by atoms with Gasteiger partial charge < -0.3 is 15.3 Å². The first-order chi connectivity index (χ1) is 17.4. The highest BCUT2D eigenvalue weighted by Crippen LogP contribution is 2.34. The van der Waals surface area contributed by atoms with E-state index >= 15 is 0 Å². The largest absolute Gasteiger partial charge is 0.382 e. The lowest BCUT2D eigenvalue weighted by Crippen LogP contribution is -2.46. The first-order valence-corrected chi connectivity index (χ1v) is 13.3. The van der Waals surface area contributed by atoms with Crippen LogP contribution in [0.25, 0.3) is 0 Å². The van der Waals surface area contributed by atoms with E-state index in [0.29, 0.717) is 30.0 Å². The third kappa shape index (κ3) is 5.82. The molecule has 1 aliphatic rings. The molecule has 1 aliphatic heterocycles. The fourth-order valence-electron chi connectivity index (χ4n) is 4.80. The Morgan fingerprint density at radius 1 is 1.22 bits per heavy atom. The summed E-state index contributed by atoms with van der Waals surface area (Å²) in [7, 11) is 0. The van der Waals surface area contributed by atoms with E-state index in [1.807, 2.05) is 53.6 Å². The number of nitrogens with one attached hydrogen (secondary N) is 1. The summed E-state index contributed by atoms with van der Waals surface area (Å²) in [4.78, 5) is 32.5. The van der Waals surface area contributed by atoms with Crippen LogP contribution in [0.15, 0.2) is 53.9 Å². The fourth-order valence-corrected chi connectivity index (χ4v) is 5.53. The van der Waals surface area contributed by atoms with E-state index in [4.69, 9.17) is 0 Å². The van der Waals surface area contributed by atoms with Gasteiger partial charge in [-0.2, -0.15) is 0 Å². The topological polar surface area (TPSA) is 82.5 Å². The van der Waals surface area contributed by atoms with Gasteiger partial charge in [-0.15, -0.1) is 11.3 Å². The number of amides is 2. The molecule has 0 radical (unpaired) electrons. The van der Waals surface area contributed by atoms with Crippen LogP contribution in [-0.2, 0) is 22.6 Å². The number of aromatic nitrogens is 1. The van der Waals surface area contributed by atoms with Crippen molar-refractivity contribution in [2.45, 2.75) is 58.2 Å². The number of thiazole rings is 1. The summed E-state index contributed by atoms with van der Waals surface area (Å²) in [5.41, 5.74) is 3.34. The van der Waals surface area contributed by atoms with E-state index in [2.05, 4.69) is 10.3 Å². The minimum atomic E-state index is -1.44. The van der Waals surface area contributed by atoms with Crippen LogP contribution in [0.4, 0.5) is 4.39 Å². The quantitative estimate of drug-likeness (QED) is 0.443. The maximum Gasteiger partial charge on any atom is 0.250 e. The molecule has 0 bridgehead atoms. The van der Waals surface area contributed by atoms with Gasteiger partial charge >= 0.3 is 0 Å². The van der Waals surface area contributed by atoms with E-state index < -0.39 is 17.9 Å². The van der Waals surface area contributed by atoms with Gasteiger partial charge in [0.1, 0.15) is 16.9 Å². The summed E-state index contributed by atoms with van der Waals surface area (Å²) in [6, 6.07) is 14.9. The van der Waals surface area contributed by atoms with E-state index in [9.17, 15) is 19.1 Å². The lowest BCUT2D eigenvalue weighted by atomic mass is 9.95. The maximum absolute atomic E-state index is 13.8. The van der Waals surface area contributed by atoms with Gasteiger partial charge in [0.2, 0.25) is 11.8 Å². The monoisotopic (exact) mass is 509 g/mol. The Hall–Kier alpha value is -3.10. The number of aliphatic hydroxyl groups is 1. The number of benzene rings is 2. The Balaban J connectivity index is 1.35. The molecule has 1 fully saturated rings. The minimum Gasteiger partial charge on any atom is -0.382 e. The Labute approximate surface area is 215 Å². The number of carbonyl (C=O) groups excluding carboxylic acids is 2. The number of aliphatic hydroxyl groups excluding tert-OH is 1. The number of halogens is 1. The number of nitrogens with zero attached hydrogens (tertiary/aromatic N) is 2. The summed E-state index contributed by atoms with van der Waals surface area (Å²) < 4.78 is 13.8. The zero-order valence-corrected chi connectivity index (χ0v) is 21.4. The van der Waals surface area contributed by atoms with Crippen LogP contribution in [0, 0.1) is 18.7 Å². The molecule has 0 spiro atoms. The lowest BCUT2D eigenvalue weighted by Gasteiger charge is -2.30. The van der Waals surface area contributed by atoms with Gasteiger partial charge in [0, 0.05) is 18.3 Å². The van der Waals surface area contributed by atoms with Gasteiger partial charge in [0.15, 0.2) is 0 Å². The second-order valence-electron chi connectivity index (χ2n) is 9.21.